The molecule has 1 aromatic heterocycles. The third kappa shape index (κ3) is 4.40. The summed E-state index contributed by atoms with van der Waals surface area (Å²) in [5, 5.41) is 9.91. The molecule has 1 amide bonds. The van der Waals surface area contributed by atoms with E-state index in [-0.39, 0.29) is 23.7 Å². The molecule has 174 valence electrons. The monoisotopic (exact) mass is 449 g/mol. The smallest absolute Gasteiger partial charge is 0.290 e. The predicted octanol–water partition coefficient (Wildman–Crippen LogP) is 4.91. The average Bonchev–Trinajstić information content (AvgIpc) is 3.07. The van der Waals surface area contributed by atoms with Gasteiger partial charge in [-0.3, -0.25) is 9.59 Å². The van der Waals surface area contributed by atoms with Gasteiger partial charge in [0.1, 0.15) is 11.3 Å². The summed E-state index contributed by atoms with van der Waals surface area (Å²) in [6.07, 6.45) is 3.61. The molecule has 33 heavy (non-hydrogen) atoms. The van der Waals surface area contributed by atoms with Crippen molar-refractivity contribution in [3.05, 3.63) is 74.6 Å². The maximum Gasteiger partial charge on any atom is 0.290 e. The molecular formula is C27H31NO5. The van der Waals surface area contributed by atoms with Crippen molar-refractivity contribution >= 4 is 16.9 Å². The highest BCUT2D eigenvalue weighted by Crippen LogP contribution is 2.39. The second-order valence-electron chi connectivity index (χ2n) is 8.74. The number of hydrogen-bond donors (Lipinski definition) is 1. The van der Waals surface area contributed by atoms with Crippen LogP contribution in [0.4, 0.5) is 0 Å². The van der Waals surface area contributed by atoms with E-state index in [2.05, 4.69) is 6.92 Å². The van der Waals surface area contributed by atoms with Crippen LogP contribution in [-0.4, -0.2) is 35.7 Å². The quantitative estimate of drug-likeness (QED) is 0.470. The molecule has 2 aromatic carbocycles. The van der Waals surface area contributed by atoms with E-state index in [4.69, 9.17) is 9.15 Å². The van der Waals surface area contributed by atoms with Crippen molar-refractivity contribution in [2.24, 2.45) is 0 Å². The largest absolute Gasteiger partial charge is 0.494 e. The van der Waals surface area contributed by atoms with Gasteiger partial charge < -0.3 is 19.2 Å². The van der Waals surface area contributed by atoms with Crippen LogP contribution in [0, 0.1) is 13.8 Å². The SMILES string of the molecule is CCCCCOc1cccc(C2c3c(oc4cc(C)cc(C)c4c3=O)C(=O)N2CCCO)c1. The summed E-state index contributed by atoms with van der Waals surface area (Å²) in [4.78, 5) is 28.7. The van der Waals surface area contributed by atoms with Gasteiger partial charge in [-0.15, -0.1) is 0 Å². The van der Waals surface area contributed by atoms with Crippen molar-refractivity contribution in [1.82, 2.24) is 4.90 Å². The van der Waals surface area contributed by atoms with Crippen LogP contribution in [0.1, 0.15) is 71.5 Å². The fourth-order valence-corrected chi connectivity index (χ4v) is 4.65. The standard InChI is InChI=1S/C27H31NO5/c1-4-5-6-13-32-20-10-7-9-19(16-20)24-23-25(30)22-18(3)14-17(2)15-21(22)33-26(23)27(31)28(24)11-8-12-29/h7,9-10,14-16,24,29H,4-6,8,11-13H2,1-3H3. The zero-order chi connectivity index (χ0) is 23.5. The first-order chi connectivity index (χ1) is 16.0. The minimum atomic E-state index is -0.584. The Hall–Kier alpha value is -3.12. The van der Waals surface area contributed by atoms with Crippen molar-refractivity contribution in [3.8, 4) is 5.75 Å². The second kappa shape index (κ2) is 9.79. The second-order valence-corrected chi connectivity index (χ2v) is 8.74. The Morgan fingerprint density at radius 2 is 1.91 bits per heavy atom. The summed E-state index contributed by atoms with van der Waals surface area (Å²) < 4.78 is 12.0. The number of unbranched alkanes of at least 4 members (excludes halogenated alkanes) is 2. The lowest BCUT2D eigenvalue weighted by Crippen LogP contribution is -2.31. The Labute approximate surface area is 193 Å². The first kappa shape index (κ1) is 23.1. The Kier molecular flexibility index (Phi) is 6.84. The third-order valence-corrected chi connectivity index (χ3v) is 6.16. The third-order valence-electron chi connectivity index (χ3n) is 6.16. The highest BCUT2D eigenvalue weighted by molar-refractivity contribution is 5.99. The number of carbonyl (C=O) groups is 1. The van der Waals surface area contributed by atoms with Gasteiger partial charge >= 0.3 is 0 Å². The number of fused-ring (bicyclic) bond motifs is 2. The lowest BCUT2D eigenvalue weighted by Gasteiger charge is -2.25. The normalized spacial score (nSPS) is 15.3. The molecule has 2 heterocycles. The molecule has 1 N–H and O–H groups in total. The van der Waals surface area contributed by atoms with Gasteiger partial charge in [0.05, 0.1) is 23.6 Å². The van der Waals surface area contributed by atoms with Gasteiger partial charge in [0.15, 0.2) is 5.43 Å². The molecule has 6 heteroatoms. The first-order valence-corrected chi connectivity index (χ1v) is 11.7. The number of aryl methyl sites for hydroxylation is 2. The Morgan fingerprint density at radius 1 is 1.09 bits per heavy atom. The highest BCUT2D eigenvalue weighted by atomic mass is 16.5. The van der Waals surface area contributed by atoms with Crippen LogP contribution < -0.4 is 10.2 Å². The molecule has 0 fully saturated rings. The number of amides is 1. The van der Waals surface area contributed by atoms with Crippen LogP contribution in [0.5, 0.6) is 5.75 Å². The van der Waals surface area contributed by atoms with E-state index in [0.29, 0.717) is 41.9 Å². The van der Waals surface area contributed by atoms with Crippen LogP contribution >= 0.6 is 0 Å². The summed E-state index contributed by atoms with van der Waals surface area (Å²) in [5.74, 6) is 0.481. The number of aliphatic hydroxyl groups is 1. The molecular weight excluding hydrogens is 418 g/mol. The number of aliphatic hydroxyl groups excluding tert-OH is 1. The molecule has 1 aliphatic rings. The summed E-state index contributed by atoms with van der Waals surface area (Å²) in [6, 6.07) is 10.7. The summed E-state index contributed by atoms with van der Waals surface area (Å²) in [5.41, 5.74) is 3.21. The van der Waals surface area contributed by atoms with Gasteiger partial charge in [0.25, 0.3) is 5.91 Å². The number of hydrogen-bond acceptors (Lipinski definition) is 5. The Morgan fingerprint density at radius 3 is 2.67 bits per heavy atom. The summed E-state index contributed by atoms with van der Waals surface area (Å²) in [7, 11) is 0. The van der Waals surface area contributed by atoms with Gasteiger partial charge in [-0.1, -0.05) is 38.0 Å². The predicted molar refractivity (Wildman–Crippen MR) is 128 cm³/mol. The number of nitrogens with zero attached hydrogens (tertiary/aromatic N) is 1. The molecule has 1 atom stereocenters. The first-order valence-electron chi connectivity index (χ1n) is 11.7. The Balaban J connectivity index is 1.83. The van der Waals surface area contributed by atoms with E-state index in [9.17, 15) is 14.7 Å². The lowest BCUT2D eigenvalue weighted by atomic mass is 9.96. The van der Waals surface area contributed by atoms with Crippen LogP contribution in [0.2, 0.25) is 0 Å². The van der Waals surface area contributed by atoms with Crippen molar-refractivity contribution in [1.29, 1.82) is 0 Å². The van der Waals surface area contributed by atoms with Crippen molar-refractivity contribution in [3.63, 3.8) is 0 Å². The van der Waals surface area contributed by atoms with Crippen molar-refractivity contribution in [2.75, 3.05) is 19.8 Å². The van der Waals surface area contributed by atoms with Gasteiger partial charge in [0.2, 0.25) is 5.76 Å². The summed E-state index contributed by atoms with van der Waals surface area (Å²) >= 11 is 0. The highest BCUT2D eigenvalue weighted by Gasteiger charge is 2.42. The maximum absolute atomic E-state index is 13.7. The van der Waals surface area contributed by atoms with Gasteiger partial charge in [-0.05, 0) is 61.6 Å². The van der Waals surface area contributed by atoms with Crippen LogP contribution in [0.15, 0.2) is 45.6 Å². The number of ether oxygens (including phenoxy) is 1. The van der Waals surface area contributed by atoms with Gasteiger partial charge in [-0.2, -0.15) is 0 Å². The molecule has 0 saturated carbocycles. The maximum atomic E-state index is 13.7. The van der Waals surface area contributed by atoms with Crippen molar-refractivity contribution in [2.45, 2.75) is 52.5 Å². The zero-order valence-corrected chi connectivity index (χ0v) is 19.5. The molecule has 1 aliphatic heterocycles. The number of benzene rings is 2. The fourth-order valence-electron chi connectivity index (χ4n) is 4.65. The van der Waals surface area contributed by atoms with E-state index < -0.39 is 6.04 Å². The van der Waals surface area contributed by atoms with E-state index in [1.54, 1.807) is 11.0 Å². The van der Waals surface area contributed by atoms with Gasteiger partial charge in [0, 0.05) is 13.2 Å². The van der Waals surface area contributed by atoms with E-state index in [1.807, 2.05) is 44.2 Å². The molecule has 0 saturated heterocycles. The van der Waals surface area contributed by atoms with E-state index >= 15 is 0 Å². The van der Waals surface area contributed by atoms with Crippen LogP contribution in [0.25, 0.3) is 11.0 Å². The van der Waals surface area contributed by atoms with Crippen LogP contribution in [-0.2, 0) is 0 Å². The molecule has 0 spiro atoms. The molecule has 0 radical (unpaired) electrons. The van der Waals surface area contributed by atoms with Crippen molar-refractivity contribution < 1.29 is 19.1 Å². The molecule has 3 aromatic rings. The zero-order valence-electron chi connectivity index (χ0n) is 19.5. The Bertz CT molecular complexity index is 1230. The van der Waals surface area contributed by atoms with E-state index in [1.165, 1.54) is 0 Å². The number of rotatable bonds is 9. The lowest BCUT2D eigenvalue weighted by molar-refractivity contribution is 0.0716. The minimum absolute atomic E-state index is 0.0465. The van der Waals surface area contributed by atoms with Gasteiger partial charge in [-0.25, -0.2) is 0 Å². The average molecular weight is 450 g/mol. The van der Waals surface area contributed by atoms with Crippen LogP contribution in [0.3, 0.4) is 0 Å². The molecule has 6 nitrogen and oxygen atoms in total. The minimum Gasteiger partial charge on any atom is -0.494 e. The molecule has 0 bridgehead atoms. The molecule has 4 rings (SSSR count). The van der Waals surface area contributed by atoms with E-state index in [0.717, 1.165) is 36.0 Å². The molecule has 0 aliphatic carbocycles. The topological polar surface area (TPSA) is 80.0 Å². The molecule has 1 unspecified atom stereocenters. The fraction of sp³-hybridized carbons (Fsp3) is 0.407. The number of carbonyl (C=O) groups excluding carboxylic acids is 1. The summed E-state index contributed by atoms with van der Waals surface area (Å²) in [6.45, 7) is 6.86.